The van der Waals surface area contributed by atoms with Crippen molar-refractivity contribution in [1.82, 2.24) is 52.3 Å². The number of benzene rings is 5. The third-order valence-corrected chi connectivity index (χ3v) is 15.4. The maximum atomic E-state index is 14.7. The van der Waals surface area contributed by atoms with Gasteiger partial charge in [0.2, 0.25) is 35.4 Å². The van der Waals surface area contributed by atoms with Gasteiger partial charge in [-0.1, -0.05) is 151 Å². The van der Waals surface area contributed by atoms with E-state index >= 15 is 0 Å². The van der Waals surface area contributed by atoms with E-state index in [0.29, 0.717) is 0 Å². The molecule has 0 aromatic heterocycles. The SMILES string of the molecule is CN[C@@H](C)C(=O)N[C@H](C(=O)N1C[C@@H](NC(=O)c2ccc(C(=O)N[C@H]3C[C@@H](C(=O)NCc4ccccc4-c4ccccc4)N(C(=O)[C@@H](NC(=O)[C@H](C)NC)C(C)(C)C)C3)cc2)C[C@H]1C(=O)NCc1ccccc1-c1ccccc1)C(C)(C)C. The summed E-state index contributed by atoms with van der Waals surface area (Å²) in [7, 11) is 3.29. The van der Waals surface area contributed by atoms with E-state index < -0.39 is 94.6 Å². The topological polar surface area (TPSA) is 239 Å². The molecule has 0 spiro atoms. The van der Waals surface area contributed by atoms with E-state index in [-0.39, 0.29) is 62.0 Å². The number of carbonyl (C=O) groups excluding carboxylic acids is 8. The van der Waals surface area contributed by atoms with Crippen molar-refractivity contribution in [3.8, 4) is 22.3 Å². The summed E-state index contributed by atoms with van der Waals surface area (Å²) in [5.74, 6) is -3.53. The van der Waals surface area contributed by atoms with Crippen LogP contribution >= 0.6 is 0 Å². The third kappa shape index (κ3) is 15.2. The van der Waals surface area contributed by atoms with Crippen LogP contribution in [0.15, 0.2) is 133 Å². The molecule has 2 saturated heterocycles. The molecule has 0 bridgehead atoms. The van der Waals surface area contributed by atoms with Gasteiger partial charge in [0.15, 0.2) is 0 Å². The Labute approximate surface area is 481 Å². The average Bonchev–Trinajstić information content (AvgIpc) is 4.31. The van der Waals surface area contributed by atoms with Crippen molar-refractivity contribution in [2.75, 3.05) is 27.2 Å². The zero-order valence-electron chi connectivity index (χ0n) is 48.7. The Morgan fingerprint density at radius 1 is 0.476 bits per heavy atom. The molecule has 0 radical (unpaired) electrons. The zero-order valence-corrected chi connectivity index (χ0v) is 48.7. The van der Waals surface area contributed by atoms with E-state index in [2.05, 4.69) is 42.5 Å². The summed E-state index contributed by atoms with van der Waals surface area (Å²) in [5.41, 5.74) is 4.51. The number of hydrogen-bond acceptors (Lipinski definition) is 10. The minimum absolute atomic E-state index is 0.0212. The van der Waals surface area contributed by atoms with Crippen LogP contribution in [0.2, 0.25) is 0 Å². The highest BCUT2D eigenvalue weighted by Gasteiger charge is 2.47. The number of rotatable bonds is 20. The first-order valence-electron chi connectivity index (χ1n) is 28.1. The molecule has 434 valence electrons. The van der Waals surface area contributed by atoms with Gasteiger partial charge < -0.3 is 52.3 Å². The van der Waals surface area contributed by atoms with Gasteiger partial charge >= 0.3 is 0 Å². The summed E-state index contributed by atoms with van der Waals surface area (Å²) in [6.07, 6.45) is 0.168. The van der Waals surface area contributed by atoms with Gasteiger partial charge in [-0.25, -0.2) is 0 Å². The molecule has 8 atom stereocenters. The zero-order chi connectivity index (χ0) is 59.5. The van der Waals surface area contributed by atoms with E-state index in [1.54, 1.807) is 27.9 Å². The number of nitrogens with one attached hydrogen (secondary N) is 8. The number of likely N-dealkylation sites (N-methyl/N-ethyl adjacent to an activating group) is 2. The second-order valence-corrected chi connectivity index (χ2v) is 23.5. The van der Waals surface area contributed by atoms with Crippen molar-refractivity contribution < 1.29 is 38.4 Å². The molecule has 0 aliphatic carbocycles. The van der Waals surface area contributed by atoms with Crippen molar-refractivity contribution in [2.24, 2.45) is 10.8 Å². The molecule has 18 heteroatoms. The second-order valence-electron chi connectivity index (χ2n) is 23.5. The van der Waals surface area contributed by atoms with Gasteiger partial charge in [0, 0.05) is 49.4 Å². The summed E-state index contributed by atoms with van der Waals surface area (Å²) in [6, 6.07) is 34.5. The number of likely N-dealkylation sites (tertiary alicyclic amines) is 2. The predicted molar refractivity (Wildman–Crippen MR) is 316 cm³/mol. The molecule has 5 aromatic carbocycles. The number of hydrogen-bond donors (Lipinski definition) is 8. The maximum Gasteiger partial charge on any atom is 0.251 e. The van der Waals surface area contributed by atoms with Gasteiger partial charge in [-0.3, -0.25) is 38.4 Å². The van der Waals surface area contributed by atoms with Crippen molar-refractivity contribution in [3.63, 3.8) is 0 Å². The highest BCUT2D eigenvalue weighted by molar-refractivity contribution is 5.99. The second kappa shape index (κ2) is 27.0. The summed E-state index contributed by atoms with van der Waals surface area (Å²) >= 11 is 0. The number of amides is 8. The van der Waals surface area contributed by atoms with Crippen LogP contribution in [0.5, 0.6) is 0 Å². The normalized spacial score (nSPS) is 18.5. The number of nitrogens with zero attached hydrogens (tertiary/aromatic N) is 2. The van der Waals surface area contributed by atoms with Crippen LogP contribution in [0.25, 0.3) is 22.3 Å². The van der Waals surface area contributed by atoms with Crippen LogP contribution in [0.1, 0.15) is 100 Å². The fourth-order valence-corrected chi connectivity index (χ4v) is 10.3. The molecule has 2 fully saturated rings. The molecule has 18 nitrogen and oxygen atoms in total. The summed E-state index contributed by atoms with van der Waals surface area (Å²) < 4.78 is 0. The quantitative estimate of drug-likeness (QED) is 0.0499. The highest BCUT2D eigenvalue weighted by atomic mass is 16.2. The average molecular weight is 1120 g/mol. The molecule has 2 aliphatic heterocycles. The van der Waals surface area contributed by atoms with E-state index in [1.807, 2.05) is 151 Å². The molecule has 2 aliphatic rings. The van der Waals surface area contributed by atoms with Gasteiger partial charge in [0.1, 0.15) is 24.2 Å². The standard InChI is InChI=1S/C64H80N10O8/c1-39(65-9)55(75)71-53(63(3,4)5)61(81)73-37-47(33-51(73)59(79)67-35-45-25-17-19-27-49(45)41-21-13-11-14-22-41)69-57(77)43-29-31-44(32-30-43)58(78)70-48-34-52(74(38-48)62(82)54(64(6,7)8)72-56(76)40(2)66-10)60(80)68-36-46-26-18-20-28-50(46)42-23-15-12-16-24-42/h11-32,39-40,47-48,51-54,65-66H,33-38H2,1-10H3,(H,67,79)(H,68,80)(H,69,77)(H,70,78)(H,71,75)(H,72,76)/t39-,40-,47-,48-,51-,52-,53+,54+/m0/s1. The van der Waals surface area contributed by atoms with Crippen LogP contribution in [-0.4, -0.2) is 133 Å². The maximum absolute atomic E-state index is 14.7. The minimum Gasteiger partial charge on any atom is -0.350 e. The predicted octanol–water partition coefficient (Wildman–Crippen LogP) is 5.33. The molecule has 0 unspecified atom stereocenters. The van der Waals surface area contributed by atoms with E-state index in [1.165, 1.54) is 34.1 Å². The van der Waals surface area contributed by atoms with E-state index in [0.717, 1.165) is 33.4 Å². The van der Waals surface area contributed by atoms with Crippen molar-refractivity contribution >= 4 is 47.3 Å². The monoisotopic (exact) mass is 1120 g/mol. The summed E-state index contributed by atoms with van der Waals surface area (Å²) in [5, 5.41) is 23.7. The van der Waals surface area contributed by atoms with Crippen molar-refractivity contribution in [2.45, 2.75) is 130 Å². The molecular formula is C64H80N10O8. The number of carbonyl (C=O) groups is 8. The molecule has 0 saturated carbocycles. The van der Waals surface area contributed by atoms with Crippen LogP contribution < -0.4 is 42.5 Å². The van der Waals surface area contributed by atoms with Gasteiger partial charge in [0.25, 0.3) is 11.8 Å². The van der Waals surface area contributed by atoms with Crippen LogP contribution in [0.3, 0.4) is 0 Å². The lowest BCUT2D eigenvalue weighted by Crippen LogP contribution is -2.59. The Hall–Kier alpha value is -8.22. The fourth-order valence-electron chi connectivity index (χ4n) is 10.3. The highest BCUT2D eigenvalue weighted by Crippen LogP contribution is 2.30. The van der Waals surface area contributed by atoms with Gasteiger partial charge in [-0.05, 0) is 109 Å². The molecule has 5 aromatic rings. The van der Waals surface area contributed by atoms with Gasteiger partial charge in [0.05, 0.1) is 12.1 Å². The third-order valence-electron chi connectivity index (χ3n) is 15.4. The molecule has 8 amide bonds. The van der Waals surface area contributed by atoms with Crippen LogP contribution in [0, 0.1) is 10.8 Å². The van der Waals surface area contributed by atoms with Crippen LogP contribution in [0.4, 0.5) is 0 Å². The largest absolute Gasteiger partial charge is 0.350 e. The molecular weight excluding hydrogens is 1040 g/mol. The van der Waals surface area contributed by atoms with Gasteiger partial charge in [-0.2, -0.15) is 0 Å². The lowest BCUT2D eigenvalue weighted by atomic mass is 9.85. The lowest BCUT2D eigenvalue weighted by molar-refractivity contribution is -0.144. The first-order chi connectivity index (χ1) is 39.0. The molecule has 7 rings (SSSR count). The van der Waals surface area contributed by atoms with E-state index in [4.69, 9.17) is 0 Å². The Morgan fingerprint density at radius 2 is 0.805 bits per heavy atom. The summed E-state index contributed by atoms with van der Waals surface area (Å²) in [6.45, 7) is 14.7. The van der Waals surface area contributed by atoms with Crippen molar-refractivity contribution in [1.29, 1.82) is 0 Å². The smallest absolute Gasteiger partial charge is 0.251 e. The fraction of sp³-hybridized carbons (Fsp3) is 0.406. The first-order valence-corrected chi connectivity index (χ1v) is 28.1. The Bertz CT molecular complexity index is 2880. The molecule has 8 N–H and O–H groups in total. The van der Waals surface area contributed by atoms with Gasteiger partial charge in [-0.15, -0.1) is 0 Å². The molecule has 82 heavy (non-hydrogen) atoms. The minimum atomic E-state index is -1.01. The van der Waals surface area contributed by atoms with Crippen molar-refractivity contribution in [3.05, 3.63) is 156 Å². The first kappa shape index (κ1) is 61.4. The summed E-state index contributed by atoms with van der Waals surface area (Å²) in [4.78, 5) is 115. The van der Waals surface area contributed by atoms with E-state index in [9.17, 15) is 38.4 Å². The Morgan fingerprint density at radius 3 is 1.13 bits per heavy atom. The lowest BCUT2D eigenvalue weighted by Gasteiger charge is -2.36. The van der Waals surface area contributed by atoms with Crippen LogP contribution in [-0.2, 0) is 41.9 Å². The molecule has 2 heterocycles. The Kier molecular flexibility index (Phi) is 20.2. The Balaban J connectivity index is 1.06.